The predicted molar refractivity (Wildman–Crippen MR) is 81.2 cm³/mol. The molecule has 118 valence electrons. The molecule has 0 bridgehead atoms. The van der Waals surface area contributed by atoms with Crippen LogP contribution in [0.2, 0.25) is 0 Å². The van der Waals surface area contributed by atoms with Gasteiger partial charge in [0.05, 0.1) is 0 Å². The first-order valence-electron chi connectivity index (χ1n) is 7.89. The SMILES string of the molecule is CCn1cc(S(=O)(=O)N2CCCC3CCCCC32)c(N)n1. The van der Waals surface area contributed by atoms with Gasteiger partial charge in [-0.3, -0.25) is 4.68 Å². The van der Waals surface area contributed by atoms with Gasteiger partial charge in [-0.05, 0) is 38.5 Å². The molecule has 2 fully saturated rings. The second kappa shape index (κ2) is 5.61. The van der Waals surface area contributed by atoms with Crippen molar-refractivity contribution in [2.75, 3.05) is 12.3 Å². The van der Waals surface area contributed by atoms with E-state index in [0.29, 0.717) is 19.0 Å². The van der Waals surface area contributed by atoms with Crippen LogP contribution in [-0.4, -0.2) is 35.1 Å². The second-order valence-electron chi connectivity index (χ2n) is 6.10. The molecule has 2 unspecified atom stereocenters. The molecule has 6 nitrogen and oxygen atoms in total. The summed E-state index contributed by atoms with van der Waals surface area (Å²) in [6.07, 6.45) is 8.15. The van der Waals surface area contributed by atoms with Gasteiger partial charge < -0.3 is 5.73 Å². The van der Waals surface area contributed by atoms with Crippen LogP contribution in [0, 0.1) is 5.92 Å². The Balaban J connectivity index is 1.94. The summed E-state index contributed by atoms with van der Waals surface area (Å²) >= 11 is 0. The van der Waals surface area contributed by atoms with E-state index in [-0.39, 0.29) is 16.8 Å². The lowest BCUT2D eigenvalue weighted by Gasteiger charge is -2.42. The van der Waals surface area contributed by atoms with E-state index in [9.17, 15) is 8.42 Å². The van der Waals surface area contributed by atoms with Gasteiger partial charge in [0.2, 0.25) is 10.0 Å². The van der Waals surface area contributed by atoms with Gasteiger partial charge in [0.25, 0.3) is 0 Å². The largest absolute Gasteiger partial charge is 0.381 e. The van der Waals surface area contributed by atoms with Crippen LogP contribution in [0.5, 0.6) is 0 Å². The molecule has 1 saturated carbocycles. The highest BCUT2D eigenvalue weighted by Gasteiger charge is 2.41. The van der Waals surface area contributed by atoms with Gasteiger partial charge >= 0.3 is 0 Å². The van der Waals surface area contributed by atoms with Crippen LogP contribution in [0.25, 0.3) is 0 Å². The Bertz CT molecular complexity index is 608. The third-order valence-corrected chi connectivity index (χ3v) is 6.80. The normalized spacial score (nSPS) is 27.5. The highest BCUT2D eigenvalue weighted by molar-refractivity contribution is 7.89. The molecule has 0 spiro atoms. The Labute approximate surface area is 126 Å². The number of sulfonamides is 1. The maximum absolute atomic E-state index is 13.0. The van der Waals surface area contributed by atoms with Crippen LogP contribution in [0.1, 0.15) is 45.4 Å². The predicted octanol–water partition coefficient (Wildman–Crippen LogP) is 1.83. The molecule has 21 heavy (non-hydrogen) atoms. The van der Waals surface area contributed by atoms with Gasteiger partial charge in [-0.1, -0.05) is 12.8 Å². The third kappa shape index (κ3) is 2.57. The number of hydrogen-bond acceptors (Lipinski definition) is 4. The van der Waals surface area contributed by atoms with Crippen LogP contribution in [0.15, 0.2) is 11.1 Å². The van der Waals surface area contributed by atoms with Gasteiger partial charge in [0.1, 0.15) is 4.90 Å². The Hall–Kier alpha value is -1.08. The number of rotatable bonds is 3. The lowest BCUT2D eigenvalue weighted by atomic mass is 9.79. The van der Waals surface area contributed by atoms with Crippen molar-refractivity contribution in [3.05, 3.63) is 6.20 Å². The van der Waals surface area contributed by atoms with E-state index < -0.39 is 10.0 Å². The molecule has 1 aliphatic carbocycles. The highest BCUT2D eigenvalue weighted by Crippen LogP contribution is 2.38. The molecule has 2 aliphatic rings. The summed E-state index contributed by atoms with van der Waals surface area (Å²) in [6, 6.07) is 0.155. The van der Waals surface area contributed by atoms with Gasteiger partial charge in [0.15, 0.2) is 5.82 Å². The third-order valence-electron chi connectivity index (χ3n) is 4.86. The van der Waals surface area contributed by atoms with Crippen molar-refractivity contribution in [3.8, 4) is 0 Å². The van der Waals surface area contributed by atoms with E-state index in [1.54, 1.807) is 15.2 Å². The minimum atomic E-state index is -3.53. The fourth-order valence-corrected chi connectivity index (χ4v) is 5.60. The smallest absolute Gasteiger partial charge is 0.248 e. The molecule has 0 aromatic carbocycles. The Morgan fingerprint density at radius 2 is 2.00 bits per heavy atom. The number of nitrogen functional groups attached to an aromatic ring is 1. The Kier molecular flexibility index (Phi) is 3.96. The van der Waals surface area contributed by atoms with Gasteiger partial charge in [-0.2, -0.15) is 9.40 Å². The molecule has 2 N–H and O–H groups in total. The average Bonchev–Trinajstić information content (AvgIpc) is 2.88. The van der Waals surface area contributed by atoms with Crippen molar-refractivity contribution in [3.63, 3.8) is 0 Å². The first-order chi connectivity index (χ1) is 10.0. The minimum absolute atomic E-state index is 0.120. The molecular formula is C14H24N4O2S. The molecule has 1 aromatic heterocycles. The molecular weight excluding hydrogens is 288 g/mol. The highest BCUT2D eigenvalue weighted by atomic mass is 32.2. The van der Waals surface area contributed by atoms with Crippen molar-refractivity contribution >= 4 is 15.8 Å². The topological polar surface area (TPSA) is 81.2 Å². The van der Waals surface area contributed by atoms with Crippen molar-refractivity contribution in [1.82, 2.24) is 14.1 Å². The zero-order valence-electron chi connectivity index (χ0n) is 12.5. The number of fused-ring (bicyclic) bond motifs is 1. The molecule has 1 aromatic rings. The molecule has 2 heterocycles. The Morgan fingerprint density at radius 3 is 2.71 bits per heavy atom. The zero-order chi connectivity index (χ0) is 15.0. The van der Waals surface area contributed by atoms with Gasteiger partial charge in [-0.15, -0.1) is 0 Å². The van der Waals surface area contributed by atoms with E-state index >= 15 is 0 Å². The number of aryl methyl sites for hydroxylation is 1. The van der Waals surface area contributed by atoms with Crippen molar-refractivity contribution < 1.29 is 8.42 Å². The van der Waals surface area contributed by atoms with Crippen LogP contribution in [0.4, 0.5) is 5.82 Å². The lowest BCUT2D eigenvalue weighted by molar-refractivity contribution is 0.129. The van der Waals surface area contributed by atoms with Crippen molar-refractivity contribution in [2.45, 2.75) is 62.9 Å². The molecule has 2 atom stereocenters. The fraction of sp³-hybridized carbons (Fsp3) is 0.786. The van der Waals surface area contributed by atoms with Crippen molar-refractivity contribution in [1.29, 1.82) is 0 Å². The van der Waals surface area contributed by atoms with Crippen LogP contribution in [-0.2, 0) is 16.6 Å². The van der Waals surface area contributed by atoms with Gasteiger partial charge in [-0.25, -0.2) is 8.42 Å². The molecule has 1 saturated heterocycles. The monoisotopic (exact) mass is 312 g/mol. The van der Waals surface area contributed by atoms with Gasteiger partial charge in [0, 0.05) is 25.3 Å². The minimum Gasteiger partial charge on any atom is -0.381 e. The standard InChI is InChI=1S/C14H24N4O2S/c1-2-17-10-13(14(15)16-17)21(19,20)18-9-5-7-11-6-3-4-8-12(11)18/h10-12H,2-9H2,1H3,(H2,15,16). The summed E-state index contributed by atoms with van der Waals surface area (Å²) in [6.45, 7) is 3.15. The van der Waals surface area contributed by atoms with E-state index in [1.807, 2.05) is 6.92 Å². The lowest BCUT2D eigenvalue weighted by Crippen LogP contribution is -2.49. The fourth-order valence-electron chi connectivity index (χ4n) is 3.78. The molecule has 7 heteroatoms. The summed E-state index contributed by atoms with van der Waals surface area (Å²) in [7, 11) is -3.53. The van der Waals surface area contributed by atoms with Crippen LogP contribution >= 0.6 is 0 Å². The number of hydrogen-bond donors (Lipinski definition) is 1. The maximum atomic E-state index is 13.0. The number of nitrogens with zero attached hydrogens (tertiary/aromatic N) is 3. The zero-order valence-corrected chi connectivity index (χ0v) is 13.3. The second-order valence-corrected chi connectivity index (χ2v) is 7.96. The van der Waals surface area contributed by atoms with Crippen molar-refractivity contribution in [2.24, 2.45) is 5.92 Å². The summed E-state index contributed by atoms with van der Waals surface area (Å²) < 4.78 is 29.3. The number of aromatic nitrogens is 2. The van der Waals surface area contributed by atoms with Crippen LogP contribution in [0.3, 0.4) is 0 Å². The van der Waals surface area contributed by atoms with E-state index in [2.05, 4.69) is 5.10 Å². The number of piperidine rings is 1. The number of anilines is 1. The molecule has 1 aliphatic heterocycles. The number of nitrogens with two attached hydrogens (primary N) is 1. The molecule has 0 amide bonds. The van der Waals surface area contributed by atoms with E-state index in [4.69, 9.17) is 5.73 Å². The molecule has 0 radical (unpaired) electrons. The summed E-state index contributed by atoms with van der Waals surface area (Å²) in [5, 5.41) is 4.08. The first-order valence-corrected chi connectivity index (χ1v) is 9.33. The molecule has 3 rings (SSSR count). The Morgan fingerprint density at radius 1 is 1.29 bits per heavy atom. The van der Waals surface area contributed by atoms with E-state index in [1.165, 1.54) is 6.42 Å². The summed E-state index contributed by atoms with van der Waals surface area (Å²) in [5.74, 6) is 0.638. The average molecular weight is 312 g/mol. The van der Waals surface area contributed by atoms with E-state index in [0.717, 1.165) is 32.1 Å². The summed E-state index contributed by atoms with van der Waals surface area (Å²) in [4.78, 5) is 0.176. The maximum Gasteiger partial charge on any atom is 0.248 e. The summed E-state index contributed by atoms with van der Waals surface area (Å²) in [5.41, 5.74) is 5.84. The van der Waals surface area contributed by atoms with Crippen LogP contribution < -0.4 is 5.73 Å². The first kappa shape index (κ1) is 14.8. The quantitative estimate of drug-likeness (QED) is 0.923.